The van der Waals surface area contributed by atoms with Crippen molar-refractivity contribution in [2.24, 2.45) is 0 Å². The average molecular weight is 245 g/mol. The van der Waals surface area contributed by atoms with E-state index in [0.29, 0.717) is 5.56 Å². The summed E-state index contributed by atoms with van der Waals surface area (Å²) in [6.07, 6.45) is -0.0750. The van der Waals surface area contributed by atoms with Crippen molar-refractivity contribution in [3.63, 3.8) is 0 Å². The predicted molar refractivity (Wildman–Crippen MR) is 69.8 cm³/mol. The Morgan fingerprint density at radius 2 is 2.00 bits per heavy atom. The lowest BCUT2D eigenvalue weighted by atomic mass is 9.82. The van der Waals surface area contributed by atoms with Crippen LogP contribution in [0.15, 0.2) is 35.1 Å². The summed E-state index contributed by atoms with van der Waals surface area (Å²) in [5.74, 6) is -0.910. The van der Waals surface area contributed by atoms with Gasteiger partial charge in [0.15, 0.2) is 0 Å². The van der Waals surface area contributed by atoms with Crippen LogP contribution in [-0.2, 0) is 10.2 Å². The lowest BCUT2D eigenvalue weighted by Gasteiger charge is -2.22. The van der Waals surface area contributed by atoms with Gasteiger partial charge in [0, 0.05) is 16.5 Å². The van der Waals surface area contributed by atoms with E-state index < -0.39 is 11.4 Å². The van der Waals surface area contributed by atoms with Crippen LogP contribution in [0.3, 0.4) is 0 Å². The van der Waals surface area contributed by atoms with E-state index in [4.69, 9.17) is 5.11 Å². The molecule has 0 atom stereocenters. The van der Waals surface area contributed by atoms with E-state index in [9.17, 15) is 9.59 Å². The molecule has 0 fully saturated rings. The lowest BCUT2D eigenvalue weighted by molar-refractivity contribution is -0.138. The summed E-state index contributed by atoms with van der Waals surface area (Å²) in [5.41, 5.74) is 0.351. The summed E-state index contributed by atoms with van der Waals surface area (Å²) >= 11 is 0. The normalized spacial score (nSPS) is 11.7. The maximum absolute atomic E-state index is 12.0. The molecule has 18 heavy (non-hydrogen) atoms. The molecule has 0 unspecified atom stereocenters. The maximum atomic E-state index is 12.0. The van der Waals surface area contributed by atoms with Crippen molar-refractivity contribution in [3.05, 3.63) is 46.2 Å². The van der Waals surface area contributed by atoms with Gasteiger partial charge in [0.2, 0.25) is 0 Å². The largest absolute Gasteiger partial charge is 0.481 e. The molecule has 0 aliphatic rings. The lowest BCUT2D eigenvalue weighted by Crippen LogP contribution is -2.29. The van der Waals surface area contributed by atoms with Gasteiger partial charge in [-0.15, -0.1) is 0 Å². The average Bonchev–Trinajstić information content (AvgIpc) is 2.26. The number of carbonyl (C=O) groups is 1. The summed E-state index contributed by atoms with van der Waals surface area (Å²) in [4.78, 5) is 25.7. The number of para-hydroxylation sites is 1. The van der Waals surface area contributed by atoms with Crippen molar-refractivity contribution in [1.29, 1.82) is 0 Å². The molecule has 2 aromatic rings. The fourth-order valence-corrected chi connectivity index (χ4v) is 2.12. The molecule has 1 aromatic carbocycles. The van der Waals surface area contributed by atoms with E-state index in [2.05, 4.69) is 4.98 Å². The minimum Gasteiger partial charge on any atom is -0.481 e. The fraction of sp³-hybridized carbons (Fsp3) is 0.286. The number of pyridine rings is 1. The molecule has 0 aliphatic heterocycles. The number of benzene rings is 1. The highest BCUT2D eigenvalue weighted by atomic mass is 16.4. The summed E-state index contributed by atoms with van der Waals surface area (Å²) in [6.45, 7) is 3.53. The highest BCUT2D eigenvalue weighted by molar-refractivity contribution is 5.79. The van der Waals surface area contributed by atoms with E-state index >= 15 is 0 Å². The van der Waals surface area contributed by atoms with Gasteiger partial charge in [-0.25, -0.2) is 0 Å². The number of nitrogens with one attached hydrogen (secondary N) is 1. The van der Waals surface area contributed by atoms with Crippen LogP contribution < -0.4 is 5.56 Å². The number of aliphatic carboxylic acids is 1. The van der Waals surface area contributed by atoms with Gasteiger partial charge in [-0.3, -0.25) is 9.59 Å². The van der Waals surface area contributed by atoms with Gasteiger partial charge in [0.05, 0.1) is 6.42 Å². The van der Waals surface area contributed by atoms with Crippen LogP contribution >= 0.6 is 0 Å². The Morgan fingerprint density at radius 3 is 2.67 bits per heavy atom. The second kappa shape index (κ2) is 4.29. The molecule has 1 heterocycles. The third kappa shape index (κ3) is 2.27. The Balaban J connectivity index is 2.60. The van der Waals surface area contributed by atoms with Crippen molar-refractivity contribution >= 4 is 16.9 Å². The molecule has 1 aromatic heterocycles. The Kier molecular flexibility index (Phi) is 2.95. The standard InChI is InChI=1S/C14H15NO3/c1-14(2,8-12(16)17)10-7-9-5-3-4-6-11(9)15-13(10)18/h3-7H,8H2,1-2H3,(H,15,18)(H,16,17). The third-order valence-corrected chi connectivity index (χ3v) is 3.08. The molecule has 0 radical (unpaired) electrons. The van der Waals surface area contributed by atoms with E-state index in [1.165, 1.54) is 0 Å². The zero-order valence-electron chi connectivity index (χ0n) is 10.4. The highest BCUT2D eigenvalue weighted by Crippen LogP contribution is 2.26. The molecule has 4 nitrogen and oxygen atoms in total. The van der Waals surface area contributed by atoms with Crippen molar-refractivity contribution < 1.29 is 9.90 Å². The first-order valence-corrected chi connectivity index (χ1v) is 5.74. The Bertz CT molecular complexity index is 655. The van der Waals surface area contributed by atoms with Crippen LogP contribution in [0.1, 0.15) is 25.8 Å². The minimum absolute atomic E-state index is 0.0750. The Labute approximate surface area is 104 Å². The predicted octanol–water partition coefficient (Wildman–Crippen LogP) is 2.28. The summed E-state index contributed by atoms with van der Waals surface area (Å²) < 4.78 is 0. The smallest absolute Gasteiger partial charge is 0.304 e. The van der Waals surface area contributed by atoms with Crippen molar-refractivity contribution in [2.75, 3.05) is 0 Å². The first kappa shape index (κ1) is 12.4. The van der Waals surface area contributed by atoms with Gasteiger partial charge in [0.25, 0.3) is 5.56 Å². The molecule has 0 spiro atoms. The number of hydrogen-bond donors (Lipinski definition) is 2. The number of hydrogen-bond acceptors (Lipinski definition) is 2. The van der Waals surface area contributed by atoms with E-state index in [0.717, 1.165) is 10.9 Å². The van der Waals surface area contributed by atoms with Gasteiger partial charge >= 0.3 is 5.97 Å². The summed E-state index contributed by atoms with van der Waals surface area (Å²) in [6, 6.07) is 9.22. The topological polar surface area (TPSA) is 70.2 Å². The second-order valence-corrected chi connectivity index (χ2v) is 5.05. The maximum Gasteiger partial charge on any atom is 0.304 e. The van der Waals surface area contributed by atoms with Gasteiger partial charge in [0.1, 0.15) is 0 Å². The van der Waals surface area contributed by atoms with Crippen molar-refractivity contribution in [3.8, 4) is 0 Å². The Hall–Kier alpha value is -2.10. The van der Waals surface area contributed by atoms with Crippen LogP contribution in [0.2, 0.25) is 0 Å². The quantitative estimate of drug-likeness (QED) is 0.871. The van der Waals surface area contributed by atoms with E-state index in [1.807, 2.05) is 24.3 Å². The molecule has 2 rings (SSSR count). The van der Waals surface area contributed by atoms with Crippen LogP contribution in [0.5, 0.6) is 0 Å². The first-order chi connectivity index (χ1) is 8.40. The zero-order chi connectivity index (χ0) is 13.3. The van der Waals surface area contributed by atoms with Crippen LogP contribution in [0.25, 0.3) is 10.9 Å². The molecule has 0 aliphatic carbocycles. The summed E-state index contributed by atoms with van der Waals surface area (Å²) in [7, 11) is 0. The number of aromatic nitrogens is 1. The van der Waals surface area contributed by atoms with Crippen LogP contribution in [-0.4, -0.2) is 16.1 Å². The summed E-state index contributed by atoms with van der Waals surface area (Å²) in [5, 5.41) is 9.81. The molecule has 0 bridgehead atoms. The molecule has 0 amide bonds. The van der Waals surface area contributed by atoms with Crippen molar-refractivity contribution in [1.82, 2.24) is 4.98 Å². The molecular weight excluding hydrogens is 230 g/mol. The zero-order valence-corrected chi connectivity index (χ0v) is 10.4. The number of H-pyrrole nitrogens is 1. The van der Waals surface area contributed by atoms with Gasteiger partial charge in [-0.05, 0) is 17.5 Å². The van der Waals surface area contributed by atoms with Gasteiger partial charge in [-0.2, -0.15) is 0 Å². The highest BCUT2D eigenvalue weighted by Gasteiger charge is 2.27. The number of fused-ring (bicyclic) bond motifs is 1. The fourth-order valence-electron chi connectivity index (χ4n) is 2.12. The minimum atomic E-state index is -0.910. The number of rotatable bonds is 3. The number of carboxylic acid groups (broad SMARTS) is 1. The molecule has 94 valence electrons. The molecular formula is C14H15NO3. The monoisotopic (exact) mass is 245 g/mol. The first-order valence-electron chi connectivity index (χ1n) is 5.74. The van der Waals surface area contributed by atoms with E-state index in [-0.39, 0.29) is 12.0 Å². The van der Waals surface area contributed by atoms with Gasteiger partial charge < -0.3 is 10.1 Å². The molecule has 0 saturated carbocycles. The van der Waals surface area contributed by atoms with Crippen molar-refractivity contribution in [2.45, 2.75) is 25.7 Å². The number of carboxylic acids is 1. The molecule has 2 N–H and O–H groups in total. The van der Waals surface area contributed by atoms with Gasteiger partial charge in [-0.1, -0.05) is 32.0 Å². The third-order valence-electron chi connectivity index (χ3n) is 3.08. The second-order valence-electron chi connectivity index (χ2n) is 5.05. The Morgan fingerprint density at radius 1 is 1.33 bits per heavy atom. The van der Waals surface area contributed by atoms with Crippen LogP contribution in [0, 0.1) is 0 Å². The molecule has 4 heteroatoms. The SMILES string of the molecule is CC(C)(CC(=O)O)c1cc2ccccc2[nH]c1=O. The van der Waals surface area contributed by atoms with E-state index in [1.54, 1.807) is 19.9 Å². The van der Waals surface area contributed by atoms with Crippen LogP contribution in [0.4, 0.5) is 0 Å². The number of aromatic amines is 1. The molecule has 0 saturated heterocycles.